The molecule has 2 aromatic carbocycles. The van der Waals surface area contributed by atoms with Crippen LogP contribution < -0.4 is 14.4 Å². The molecule has 164 valence electrons. The highest BCUT2D eigenvalue weighted by molar-refractivity contribution is 7.89. The molecule has 11 heteroatoms. The van der Waals surface area contributed by atoms with E-state index in [1.54, 1.807) is 24.1 Å². The molecule has 31 heavy (non-hydrogen) atoms. The molecule has 4 rings (SSSR count). The Kier molecular flexibility index (Phi) is 6.35. The monoisotopic (exact) mass is 461 g/mol. The Morgan fingerprint density at radius 2 is 1.90 bits per heavy atom. The van der Waals surface area contributed by atoms with Gasteiger partial charge in [0, 0.05) is 50.9 Å². The summed E-state index contributed by atoms with van der Waals surface area (Å²) in [5.74, 6) is 0.731. The first-order valence-electron chi connectivity index (χ1n) is 9.86. The standard InChI is InChI=1S/C20H23N5O4S2/c1-29-16-5-2-4-15(14-16)24-10-12-25(13-11-24)19(26)8-9-21-31(27,28)18-7-3-6-17-20(18)23-30-22-17/h2-7,14,21H,8-13H2,1H3. The van der Waals surface area contributed by atoms with Crippen molar-refractivity contribution in [3.63, 3.8) is 0 Å². The molecule has 1 N–H and O–H groups in total. The van der Waals surface area contributed by atoms with E-state index in [1.807, 2.05) is 24.3 Å². The van der Waals surface area contributed by atoms with Crippen molar-refractivity contribution < 1.29 is 17.9 Å². The molecule has 0 spiro atoms. The maximum absolute atomic E-state index is 12.6. The van der Waals surface area contributed by atoms with Crippen molar-refractivity contribution in [1.82, 2.24) is 18.4 Å². The highest BCUT2D eigenvalue weighted by Crippen LogP contribution is 2.23. The van der Waals surface area contributed by atoms with Crippen LogP contribution in [0.15, 0.2) is 47.4 Å². The number of sulfonamides is 1. The second-order valence-electron chi connectivity index (χ2n) is 7.11. The zero-order chi connectivity index (χ0) is 21.8. The number of carbonyl (C=O) groups excluding carboxylic acids is 1. The lowest BCUT2D eigenvalue weighted by Crippen LogP contribution is -2.49. The minimum atomic E-state index is -3.77. The van der Waals surface area contributed by atoms with Gasteiger partial charge in [-0.15, -0.1) is 0 Å². The number of hydrogen-bond acceptors (Lipinski definition) is 8. The SMILES string of the molecule is COc1cccc(N2CCN(C(=O)CCNS(=O)(=O)c3cccc4nsnc34)CC2)c1. The molecule has 1 aliphatic heterocycles. The summed E-state index contributed by atoms with van der Waals surface area (Å²) in [6.45, 7) is 2.64. The summed E-state index contributed by atoms with van der Waals surface area (Å²) in [6, 6.07) is 12.7. The fourth-order valence-corrected chi connectivity index (χ4v) is 5.34. The number of benzene rings is 2. The van der Waals surface area contributed by atoms with Gasteiger partial charge in [0.05, 0.1) is 18.8 Å². The van der Waals surface area contributed by atoms with E-state index in [0.29, 0.717) is 37.2 Å². The summed E-state index contributed by atoms with van der Waals surface area (Å²) in [5, 5.41) is 0. The number of nitrogens with one attached hydrogen (secondary N) is 1. The van der Waals surface area contributed by atoms with E-state index >= 15 is 0 Å². The first-order valence-corrected chi connectivity index (χ1v) is 12.1. The number of anilines is 1. The summed E-state index contributed by atoms with van der Waals surface area (Å²) >= 11 is 0.967. The second kappa shape index (κ2) is 9.16. The van der Waals surface area contributed by atoms with Crippen LogP contribution >= 0.6 is 11.7 Å². The molecule has 1 fully saturated rings. The number of methoxy groups -OCH3 is 1. The number of hydrogen-bond donors (Lipinski definition) is 1. The van der Waals surface area contributed by atoms with Crippen molar-refractivity contribution in [2.24, 2.45) is 0 Å². The van der Waals surface area contributed by atoms with Gasteiger partial charge in [0.25, 0.3) is 0 Å². The molecule has 9 nitrogen and oxygen atoms in total. The van der Waals surface area contributed by atoms with Gasteiger partial charge < -0.3 is 14.5 Å². The molecule has 1 aliphatic rings. The summed E-state index contributed by atoms with van der Waals surface area (Å²) in [6.07, 6.45) is 0.101. The van der Waals surface area contributed by atoms with Gasteiger partial charge >= 0.3 is 0 Å². The van der Waals surface area contributed by atoms with Crippen LogP contribution in [0.25, 0.3) is 11.0 Å². The van der Waals surface area contributed by atoms with Crippen LogP contribution in [-0.4, -0.2) is 67.8 Å². The Bertz CT molecular complexity index is 1170. The number of carbonyl (C=O) groups is 1. The third-order valence-corrected chi connectivity index (χ3v) is 7.26. The zero-order valence-corrected chi connectivity index (χ0v) is 18.7. The number of ether oxygens (including phenoxy) is 1. The van der Waals surface area contributed by atoms with E-state index in [4.69, 9.17) is 4.74 Å². The fourth-order valence-electron chi connectivity index (χ4n) is 3.55. The summed E-state index contributed by atoms with van der Waals surface area (Å²) in [4.78, 5) is 16.6. The molecule has 0 bridgehead atoms. The number of fused-ring (bicyclic) bond motifs is 1. The molecule has 0 radical (unpaired) electrons. The zero-order valence-electron chi connectivity index (χ0n) is 17.0. The van der Waals surface area contributed by atoms with Crippen molar-refractivity contribution in [3.05, 3.63) is 42.5 Å². The number of piperazine rings is 1. The van der Waals surface area contributed by atoms with Crippen LogP contribution in [0, 0.1) is 0 Å². The molecule has 1 saturated heterocycles. The predicted octanol–water partition coefficient (Wildman–Crippen LogP) is 1.72. The quantitative estimate of drug-likeness (QED) is 0.571. The van der Waals surface area contributed by atoms with E-state index in [-0.39, 0.29) is 23.8 Å². The lowest BCUT2D eigenvalue weighted by Gasteiger charge is -2.36. The Labute approximate surface area is 185 Å². The van der Waals surface area contributed by atoms with Crippen molar-refractivity contribution in [3.8, 4) is 5.75 Å². The Balaban J connectivity index is 1.29. The Morgan fingerprint density at radius 1 is 1.13 bits per heavy atom. The van der Waals surface area contributed by atoms with Gasteiger partial charge in [0.1, 0.15) is 21.7 Å². The first kappa shape index (κ1) is 21.5. The van der Waals surface area contributed by atoms with Crippen LogP contribution in [0.3, 0.4) is 0 Å². The van der Waals surface area contributed by atoms with Crippen molar-refractivity contribution in [2.75, 3.05) is 44.7 Å². The average molecular weight is 462 g/mol. The third kappa shape index (κ3) is 4.78. The van der Waals surface area contributed by atoms with Gasteiger partial charge in [0.2, 0.25) is 15.9 Å². The minimum absolute atomic E-state index is 0.0330. The smallest absolute Gasteiger partial charge is 0.242 e. The van der Waals surface area contributed by atoms with Gasteiger partial charge in [-0.3, -0.25) is 4.79 Å². The maximum Gasteiger partial charge on any atom is 0.242 e. The lowest BCUT2D eigenvalue weighted by atomic mass is 10.2. The predicted molar refractivity (Wildman–Crippen MR) is 119 cm³/mol. The molecular formula is C20H23N5O4S2. The minimum Gasteiger partial charge on any atom is -0.497 e. The van der Waals surface area contributed by atoms with Gasteiger partial charge in [-0.25, -0.2) is 13.1 Å². The van der Waals surface area contributed by atoms with Crippen LogP contribution in [-0.2, 0) is 14.8 Å². The molecule has 0 aliphatic carbocycles. The number of rotatable bonds is 7. The molecule has 2 heterocycles. The van der Waals surface area contributed by atoms with E-state index in [2.05, 4.69) is 18.4 Å². The van der Waals surface area contributed by atoms with Gasteiger partial charge in [-0.2, -0.15) is 8.75 Å². The fraction of sp³-hybridized carbons (Fsp3) is 0.350. The highest BCUT2D eigenvalue weighted by atomic mass is 32.2. The Hall–Kier alpha value is -2.76. The van der Waals surface area contributed by atoms with E-state index in [0.717, 1.165) is 23.2 Å². The molecule has 0 unspecified atom stereocenters. The topological polar surface area (TPSA) is 105 Å². The summed E-state index contributed by atoms with van der Waals surface area (Å²) < 4.78 is 41.2. The maximum atomic E-state index is 12.6. The van der Waals surface area contributed by atoms with Crippen molar-refractivity contribution >= 4 is 44.4 Å². The largest absolute Gasteiger partial charge is 0.497 e. The average Bonchev–Trinajstić information content (AvgIpc) is 3.28. The van der Waals surface area contributed by atoms with Crippen LogP contribution in [0.5, 0.6) is 5.75 Å². The number of aromatic nitrogens is 2. The molecular weight excluding hydrogens is 438 g/mol. The Morgan fingerprint density at radius 3 is 2.68 bits per heavy atom. The normalized spacial score (nSPS) is 14.7. The number of amides is 1. The van der Waals surface area contributed by atoms with Crippen molar-refractivity contribution in [2.45, 2.75) is 11.3 Å². The van der Waals surface area contributed by atoms with Gasteiger partial charge in [-0.1, -0.05) is 12.1 Å². The van der Waals surface area contributed by atoms with E-state index < -0.39 is 10.0 Å². The second-order valence-corrected chi connectivity index (χ2v) is 9.37. The van der Waals surface area contributed by atoms with E-state index in [1.165, 1.54) is 6.07 Å². The highest BCUT2D eigenvalue weighted by Gasteiger charge is 2.23. The van der Waals surface area contributed by atoms with E-state index in [9.17, 15) is 13.2 Å². The molecule has 0 atom stereocenters. The molecule has 1 amide bonds. The first-order chi connectivity index (χ1) is 15.0. The molecule has 1 aromatic heterocycles. The molecule has 0 saturated carbocycles. The summed E-state index contributed by atoms with van der Waals surface area (Å²) in [5.41, 5.74) is 1.95. The van der Waals surface area contributed by atoms with Crippen LogP contribution in [0.2, 0.25) is 0 Å². The summed E-state index contributed by atoms with van der Waals surface area (Å²) in [7, 11) is -2.13. The lowest BCUT2D eigenvalue weighted by molar-refractivity contribution is -0.131. The van der Waals surface area contributed by atoms with Crippen LogP contribution in [0.1, 0.15) is 6.42 Å². The molecule has 3 aromatic rings. The third-order valence-electron chi connectivity index (χ3n) is 5.22. The van der Waals surface area contributed by atoms with Gasteiger partial charge in [0.15, 0.2) is 0 Å². The van der Waals surface area contributed by atoms with Gasteiger partial charge in [-0.05, 0) is 24.3 Å². The van der Waals surface area contributed by atoms with Crippen molar-refractivity contribution in [1.29, 1.82) is 0 Å². The number of nitrogens with zero attached hydrogens (tertiary/aromatic N) is 4. The van der Waals surface area contributed by atoms with Crippen LogP contribution in [0.4, 0.5) is 5.69 Å².